The van der Waals surface area contributed by atoms with Gasteiger partial charge in [0.2, 0.25) is 5.95 Å². The van der Waals surface area contributed by atoms with E-state index in [2.05, 4.69) is 10.2 Å². The molecule has 1 aliphatic rings. The van der Waals surface area contributed by atoms with Gasteiger partial charge in [-0.15, -0.1) is 11.3 Å². The van der Waals surface area contributed by atoms with E-state index in [4.69, 9.17) is 49.5 Å². The number of benzene rings is 1. The van der Waals surface area contributed by atoms with E-state index < -0.39 is 0 Å². The summed E-state index contributed by atoms with van der Waals surface area (Å²) in [5.41, 5.74) is 0.985. The van der Waals surface area contributed by atoms with E-state index in [-0.39, 0.29) is 11.9 Å². The molecular weight excluding hydrogens is 479 g/mol. The number of nitrogens with zero attached hydrogens (tertiary/aromatic N) is 3. The summed E-state index contributed by atoms with van der Waals surface area (Å²) >= 11 is 19.8. The number of nitrogens with one attached hydrogen (secondary N) is 1. The van der Waals surface area contributed by atoms with E-state index in [1.54, 1.807) is 6.07 Å². The first-order valence-corrected chi connectivity index (χ1v) is 12.0. The Morgan fingerprint density at radius 2 is 1.97 bits per heavy atom. The zero-order valence-electron chi connectivity index (χ0n) is 16.8. The van der Waals surface area contributed by atoms with Gasteiger partial charge in [0.1, 0.15) is 10.6 Å². The maximum Gasteiger partial charge on any atom is 0.309 e. The molecule has 0 unspecified atom stereocenters. The molecule has 0 aliphatic carbocycles. The number of ether oxygens (including phenoxy) is 1. The fourth-order valence-electron chi connectivity index (χ4n) is 3.57. The summed E-state index contributed by atoms with van der Waals surface area (Å²) in [6, 6.07) is 7.39. The van der Waals surface area contributed by atoms with Crippen molar-refractivity contribution in [1.82, 2.24) is 9.97 Å². The highest BCUT2D eigenvalue weighted by Crippen LogP contribution is 2.34. The molecule has 1 fully saturated rings. The molecule has 0 radical (unpaired) electrons. The van der Waals surface area contributed by atoms with Crippen molar-refractivity contribution in [3.05, 3.63) is 44.2 Å². The summed E-state index contributed by atoms with van der Waals surface area (Å²) in [6.07, 6.45) is 1.44. The van der Waals surface area contributed by atoms with E-state index in [1.165, 1.54) is 11.3 Å². The number of aromatic nitrogens is 2. The van der Waals surface area contributed by atoms with Crippen molar-refractivity contribution in [1.29, 1.82) is 0 Å². The number of halogens is 3. The molecule has 1 aromatic carbocycles. The van der Waals surface area contributed by atoms with Crippen molar-refractivity contribution in [3.63, 3.8) is 0 Å². The fraction of sp³-hybridized carbons (Fsp3) is 0.381. The number of hydrogen-bond donors (Lipinski definition) is 1. The van der Waals surface area contributed by atoms with Gasteiger partial charge in [-0.05, 0) is 43.5 Å². The van der Waals surface area contributed by atoms with E-state index in [1.807, 2.05) is 25.1 Å². The summed E-state index contributed by atoms with van der Waals surface area (Å²) in [6.45, 7) is 4.15. The predicted octanol–water partition coefficient (Wildman–Crippen LogP) is 6.04. The monoisotopic (exact) mass is 498 g/mol. The normalized spacial score (nSPS) is 14.8. The Balaban J connectivity index is 1.54. The molecule has 1 N–H and O–H groups in total. The van der Waals surface area contributed by atoms with Gasteiger partial charge in [-0.2, -0.15) is 4.98 Å². The van der Waals surface area contributed by atoms with Crippen molar-refractivity contribution in [2.75, 3.05) is 29.9 Å². The Bertz CT molecular complexity index is 1100. The number of thiophene rings is 1. The van der Waals surface area contributed by atoms with E-state index in [0.717, 1.165) is 28.6 Å². The second kappa shape index (κ2) is 9.77. The molecule has 3 aromatic rings. The van der Waals surface area contributed by atoms with Crippen LogP contribution in [0.3, 0.4) is 0 Å². The second-order valence-corrected chi connectivity index (χ2v) is 9.73. The molecule has 6 nitrogen and oxygen atoms in total. The zero-order chi connectivity index (χ0) is 22.0. The predicted molar refractivity (Wildman–Crippen MR) is 128 cm³/mol. The maximum atomic E-state index is 12.0. The number of fused-ring (bicyclic) bond motifs is 1. The number of hydrogen-bond acceptors (Lipinski definition) is 7. The lowest BCUT2D eigenvalue weighted by Gasteiger charge is -2.31. The Labute approximate surface area is 199 Å². The minimum absolute atomic E-state index is 0.0663. The van der Waals surface area contributed by atoms with Gasteiger partial charge < -0.3 is 15.0 Å². The van der Waals surface area contributed by atoms with Crippen LogP contribution in [0.4, 0.5) is 11.8 Å². The highest BCUT2D eigenvalue weighted by Gasteiger charge is 2.27. The van der Waals surface area contributed by atoms with Crippen molar-refractivity contribution >= 4 is 74.1 Å². The highest BCUT2D eigenvalue weighted by atomic mass is 35.5. The first-order valence-electron chi connectivity index (χ1n) is 10.0. The van der Waals surface area contributed by atoms with Crippen LogP contribution >= 0.6 is 46.1 Å². The molecule has 0 saturated carbocycles. The van der Waals surface area contributed by atoms with E-state index >= 15 is 0 Å². The third-order valence-corrected chi connectivity index (χ3v) is 7.09. The third-order valence-electron chi connectivity index (χ3n) is 5.19. The van der Waals surface area contributed by atoms with Crippen molar-refractivity contribution < 1.29 is 9.53 Å². The second-order valence-electron chi connectivity index (χ2n) is 7.26. The van der Waals surface area contributed by atoms with Gasteiger partial charge in [0.25, 0.3) is 0 Å². The Morgan fingerprint density at radius 3 is 2.68 bits per heavy atom. The number of carbonyl (C=O) groups excluding carboxylic acids is 1. The molecule has 31 heavy (non-hydrogen) atoms. The summed E-state index contributed by atoms with van der Waals surface area (Å²) in [5, 5.41) is 5.29. The number of carbonyl (C=O) groups is 1. The average molecular weight is 500 g/mol. The highest BCUT2D eigenvalue weighted by molar-refractivity contribution is 7.22. The molecule has 10 heteroatoms. The molecular formula is C21H21Cl3N4O2S. The van der Waals surface area contributed by atoms with Gasteiger partial charge in [0.05, 0.1) is 32.3 Å². The molecule has 0 bridgehead atoms. The van der Waals surface area contributed by atoms with Gasteiger partial charge in [0.15, 0.2) is 0 Å². The van der Waals surface area contributed by atoms with E-state index in [0.29, 0.717) is 52.4 Å². The van der Waals surface area contributed by atoms with Crippen LogP contribution in [-0.2, 0) is 16.1 Å². The fourth-order valence-corrected chi connectivity index (χ4v) is 4.97. The lowest BCUT2D eigenvalue weighted by molar-refractivity contribution is -0.148. The molecule has 1 aliphatic heterocycles. The maximum absolute atomic E-state index is 12.0. The molecule has 4 rings (SSSR count). The molecule has 0 spiro atoms. The molecule has 3 heterocycles. The number of anilines is 2. The van der Waals surface area contributed by atoms with Crippen molar-refractivity contribution in [2.45, 2.75) is 26.3 Å². The van der Waals surface area contributed by atoms with Crippen LogP contribution in [0.15, 0.2) is 24.3 Å². The molecule has 2 aromatic heterocycles. The van der Waals surface area contributed by atoms with Crippen LogP contribution in [-0.4, -0.2) is 35.6 Å². The smallest absolute Gasteiger partial charge is 0.309 e. The number of rotatable bonds is 6. The van der Waals surface area contributed by atoms with Crippen molar-refractivity contribution in [2.24, 2.45) is 5.92 Å². The summed E-state index contributed by atoms with van der Waals surface area (Å²) in [7, 11) is 0. The zero-order valence-corrected chi connectivity index (χ0v) is 19.9. The van der Waals surface area contributed by atoms with Crippen LogP contribution in [0, 0.1) is 5.92 Å². The summed E-state index contributed by atoms with van der Waals surface area (Å²) in [4.78, 5) is 24.4. The Kier molecular flexibility index (Phi) is 7.06. The molecule has 0 amide bonds. The average Bonchev–Trinajstić information content (AvgIpc) is 3.15. The van der Waals surface area contributed by atoms with Crippen LogP contribution in [0.1, 0.15) is 25.3 Å². The lowest BCUT2D eigenvalue weighted by Crippen LogP contribution is -2.38. The standard InChI is InChI=1S/C21H21Cl3N4O2S/c1-2-30-20(29)13-5-7-28(8-6-13)21-26-18(14-10-17(24)31-19(14)27-21)25-11-12-3-4-15(22)16(23)9-12/h3-4,9-10,13H,2,5-8,11H2,1H3,(H,25,26,27). The third kappa shape index (κ3) is 5.17. The quantitative estimate of drug-likeness (QED) is 0.417. The summed E-state index contributed by atoms with van der Waals surface area (Å²) < 4.78 is 5.82. The van der Waals surface area contributed by atoms with Crippen LogP contribution in [0.25, 0.3) is 10.2 Å². The minimum atomic E-state index is -0.118. The number of esters is 1. The minimum Gasteiger partial charge on any atom is -0.466 e. The van der Waals surface area contributed by atoms with Crippen LogP contribution < -0.4 is 10.2 Å². The van der Waals surface area contributed by atoms with Gasteiger partial charge in [-0.1, -0.05) is 40.9 Å². The van der Waals surface area contributed by atoms with Gasteiger partial charge in [-0.3, -0.25) is 4.79 Å². The lowest BCUT2D eigenvalue weighted by atomic mass is 9.97. The van der Waals surface area contributed by atoms with Gasteiger partial charge >= 0.3 is 5.97 Å². The topological polar surface area (TPSA) is 67.3 Å². The Morgan fingerprint density at radius 1 is 1.19 bits per heavy atom. The first-order chi connectivity index (χ1) is 14.9. The van der Waals surface area contributed by atoms with Crippen molar-refractivity contribution in [3.8, 4) is 0 Å². The SMILES string of the molecule is CCOC(=O)C1CCN(c2nc(NCc3ccc(Cl)c(Cl)c3)c3cc(Cl)sc3n2)CC1. The first kappa shape index (κ1) is 22.4. The largest absolute Gasteiger partial charge is 0.466 e. The molecule has 164 valence electrons. The van der Waals surface area contributed by atoms with Gasteiger partial charge in [-0.25, -0.2) is 4.98 Å². The molecule has 0 atom stereocenters. The van der Waals surface area contributed by atoms with E-state index in [9.17, 15) is 4.79 Å². The van der Waals surface area contributed by atoms with Gasteiger partial charge in [0, 0.05) is 19.6 Å². The Hall–Kier alpha value is -1.80. The van der Waals surface area contributed by atoms with Crippen LogP contribution in [0.5, 0.6) is 0 Å². The van der Waals surface area contributed by atoms with Crippen LogP contribution in [0.2, 0.25) is 14.4 Å². The number of piperidine rings is 1. The summed E-state index contributed by atoms with van der Waals surface area (Å²) in [5.74, 6) is 1.16. The molecule has 1 saturated heterocycles.